The van der Waals surface area contributed by atoms with Crippen molar-refractivity contribution in [2.24, 2.45) is 11.3 Å². The summed E-state index contributed by atoms with van der Waals surface area (Å²) in [6.07, 6.45) is 2.62. The Labute approximate surface area is 84.7 Å². The number of allylic oxidation sites excluding steroid dienone is 1. The molecule has 2 aliphatic rings. The minimum Gasteiger partial charge on any atom is -0.507 e. The van der Waals surface area contributed by atoms with Gasteiger partial charge in [0.1, 0.15) is 5.76 Å². The van der Waals surface area contributed by atoms with Gasteiger partial charge in [-0.25, -0.2) is 0 Å². The van der Waals surface area contributed by atoms with Crippen LogP contribution < -0.4 is 0 Å². The molecule has 80 valence electrons. The fraction of sp³-hybridized carbons (Fsp3) is 0.818. The van der Waals surface area contributed by atoms with Crippen LogP contribution in [0.5, 0.6) is 0 Å². The van der Waals surface area contributed by atoms with Crippen molar-refractivity contribution in [1.29, 1.82) is 0 Å². The SMILES string of the molecule is C[C@@H]1CC=C(O)C12OCC(C)(C)CO2. The van der Waals surface area contributed by atoms with Crippen LogP contribution in [0.3, 0.4) is 0 Å². The van der Waals surface area contributed by atoms with Crippen LogP contribution in [-0.2, 0) is 9.47 Å². The zero-order chi connectivity index (χ0) is 10.4. The first kappa shape index (κ1) is 9.99. The Morgan fingerprint density at radius 1 is 1.36 bits per heavy atom. The van der Waals surface area contributed by atoms with Gasteiger partial charge in [0.05, 0.1) is 13.2 Å². The smallest absolute Gasteiger partial charge is 0.230 e. The van der Waals surface area contributed by atoms with Gasteiger partial charge >= 0.3 is 0 Å². The Kier molecular flexibility index (Phi) is 2.12. The molecule has 1 aliphatic carbocycles. The minimum atomic E-state index is -0.838. The van der Waals surface area contributed by atoms with E-state index in [2.05, 4.69) is 13.8 Å². The summed E-state index contributed by atoms with van der Waals surface area (Å²) in [5, 5.41) is 9.76. The lowest BCUT2D eigenvalue weighted by Crippen LogP contribution is -2.50. The van der Waals surface area contributed by atoms with E-state index in [4.69, 9.17) is 9.47 Å². The maximum Gasteiger partial charge on any atom is 0.230 e. The van der Waals surface area contributed by atoms with E-state index in [1.165, 1.54) is 0 Å². The third-order valence-electron chi connectivity index (χ3n) is 3.03. The van der Waals surface area contributed by atoms with Crippen LogP contribution in [0.25, 0.3) is 0 Å². The van der Waals surface area contributed by atoms with Gasteiger partial charge < -0.3 is 14.6 Å². The molecule has 1 saturated heterocycles. The van der Waals surface area contributed by atoms with Gasteiger partial charge in [0.2, 0.25) is 5.79 Å². The van der Waals surface area contributed by atoms with E-state index >= 15 is 0 Å². The van der Waals surface area contributed by atoms with Gasteiger partial charge in [0.15, 0.2) is 0 Å². The van der Waals surface area contributed by atoms with Crippen LogP contribution in [0.1, 0.15) is 27.2 Å². The van der Waals surface area contributed by atoms with E-state index in [1.54, 1.807) is 6.08 Å². The standard InChI is InChI=1S/C11H18O3/c1-8-4-5-9(12)11(8)13-6-10(2,3)7-14-11/h5,8,12H,4,6-7H2,1-3H3/t8-/m1/s1. The second-order valence-corrected chi connectivity index (χ2v) is 5.14. The van der Waals surface area contributed by atoms with Crippen molar-refractivity contribution in [2.45, 2.75) is 33.0 Å². The van der Waals surface area contributed by atoms with Gasteiger partial charge in [-0.15, -0.1) is 0 Å². The highest BCUT2D eigenvalue weighted by Crippen LogP contribution is 2.43. The summed E-state index contributed by atoms with van der Waals surface area (Å²) in [5.41, 5.74) is 0.0494. The van der Waals surface area contributed by atoms with E-state index in [9.17, 15) is 5.11 Å². The molecule has 3 nitrogen and oxygen atoms in total. The van der Waals surface area contributed by atoms with Crippen LogP contribution in [0.4, 0.5) is 0 Å². The molecule has 1 heterocycles. The van der Waals surface area contributed by atoms with Crippen molar-refractivity contribution in [3.8, 4) is 0 Å². The average molecular weight is 198 g/mol. The van der Waals surface area contributed by atoms with Gasteiger partial charge in [0.25, 0.3) is 0 Å². The fourth-order valence-corrected chi connectivity index (χ4v) is 1.96. The van der Waals surface area contributed by atoms with E-state index in [-0.39, 0.29) is 17.1 Å². The number of rotatable bonds is 0. The van der Waals surface area contributed by atoms with Gasteiger partial charge in [0, 0.05) is 11.3 Å². The molecule has 0 bridgehead atoms. The summed E-state index contributed by atoms with van der Waals surface area (Å²) in [7, 11) is 0. The molecule has 0 radical (unpaired) electrons. The molecule has 0 aromatic heterocycles. The quantitative estimate of drug-likeness (QED) is 0.648. The van der Waals surface area contributed by atoms with E-state index < -0.39 is 5.79 Å². The van der Waals surface area contributed by atoms with Crippen LogP contribution >= 0.6 is 0 Å². The van der Waals surface area contributed by atoms with E-state index in [1.807, 2.05) is 6.92 Å². The first-order valence-electron chi connectivity index (χ1n) is 5.14. The Hall–Kier alpha value is -0.540. The summed E-state index contributed by atoms with van der Waals surface area (Å²) in [4.78, 5) is 0. The fourth-order valence-electron chi connectivity index (χ4n) is 1.96. The lowest BCUT2D eigenvalue weighted by atomic mass is 9.92. The van der Waals surface area contributed by atoms with Crippen LogP contribution in [0, 0.1) is 11.3 Å². The maximum atomic E-state index is 9.76. The van der Waals surface area contributed by atoms with Crippen molar-refractivity contribution in [1.82, 2.24) is 0 Å². The second kappa shape index (κ2) is 2.97. The predicted octanol–water partition coefficient (Wildman–Crippen LogP) is 2.24. The monoisotopic (exact) mass is 198 g/mol. The number of hydrogen-bond acceptors (Lipinski definition) is 3. The molecule has 0 amide bonds. The van der Waals surface area contributed by atoms with E-state index in [0.717, 1.165) is 6.42 Å². The Bertz CT molecular complexity index is 258. The zero-order valence-electron chi connectivity index (χ0n) is 9.04. The zero-order valence-corrected chi connectivity index (χ0v) is 9.04. The third kappa shape index (κ3) is 1.35. The molecule has 1 fully saturated rings. The van der Waals surface area contributed by atoms with Gasteiger partial charge in [-0.2, -0.15) is 0 Å². The molecule has 0 aromatic carbocycles. The molecule has 0 saturated carbocycles. The van der Waals surface area contributed by atoms with Crippen molar-refractivity contribution in [3.05, 3.63) is 11.8 Å². The predicted molar refractivity (Wildman–Crippen MR) is 52.9 cm³/mol. The number of aliphatic hydroxyl groups is 1. The van der Waals surface area contributed by atoms with Crippen LogP contribution in [-0.4, -0.2) is 24.1 Å². The number of ether oxygens (including phenoxy) is 2. The first-order chi connectivity index (χ1) is 6.46. The van der Waals surface area contributed by atoms with Crippen molar-refractivity contribution in [3.63, 3.8) is 0 Å². The molecule has 1 spiro atoms. The highest BCUT2D eigenvalue weighted by atomic mass is 16.7. The molecule has 1 atom stereocenters. The van der Waals surface area contributed by atoms with Crippen LogP contribution in [0.15, 0.2) is 11.8 Å². The summed E-state index contributed by atoms with van der Waals surface area (Å²) < 4.78 is 11.5. The number of hydrogen-bond donors (Lipinski definition) is 1. The van der Waals surface area contributed by atoms with Gasteiger partial charge in [-0.1, -0.05) is 20.8 Å². The molecule has 1 aliphatic heterocycles. The average Bonchev–Trinajstić information content (AvgIpc) is 2.39. The lowest BCUT2D eigenvalue weighted by Gasteiger charge is -2.43. The molecule has 14 heavy (non-hydrogen) atoms. The molecular formula is C11H18O3. The first-order valence-corrected chi connectivity index (χ1v) is 5.14. The Morgan fingerprint density at radius 3 is 2.36 bits per heavy atom. The Balaban J connectivity index is 2.16. The molecule has 1 N–H and O–H groups in total. The molecule has 0 unspecified atom stereocenters. The highest BCUT2D eigenvalue weighted by molar-refractivity contribution is 5.15. The van der Waals surface area contributed by atoms with Crippen molar-refractivity contribution in [2.75, 3.05) is 13.2 Å². The molecule has 3 heteroatoms. The Morgan fingerprint density at radius 2 is 1.93 bits per heavy atom. The molecule has 0 aromatic rings. The minimum absolute atomic E-state index is 0.0494. The van der Waals surface area contributed by atoms with Gasteiger partial charge in [-0.3, -0.25) is 0 Å². The summed E-state index contributed by atoms with van der Waals surface area (Å²) in [6.45, 7) is 7.50. The number of aliphatic hydroxyl groups excluding tert-OH is 1. The third-order valence-corrected chi connectivity index (χ3v) is 3.03. The summed E-state index contributed by atoms with van der Waals surface area (Å²) in [5.74, 6) is -0.380. The largest absolute Gasteiger partial charge is 0.507 e. The molecular weight excluding hydrogens is 180 g/mol. The summed E-state index contributed by atoms with van der Waals surface area (Å²) in [6, 6.07) is 0. The topological polar surface area (TPSA) is 38.7 Å². The molecule has 2 rings (SSSR count). The van der Waals surface area contributed by atoms with E-state index in [0.29, 0.717) is 13.2 Å². The summed E-state index contributed by atoms with van der Waals surface area (Å²) >= 11 is 0. The highest BCUT2D eigenvalue weighted by Gasteiger charge is 2.50. The maximum absolute atomic E-state index is 9.76. The lowest BCUT2D eigenvalue weighted by molar-refractivity contribution is -0.305. The second-order valence-electron chi connectivity index (χ2n) is 5.14. The van der Waals surface area contributed by atoms with Crippen molar-refractivity contribution < 1.29 is 14.6 Å². The van der Waals surface area contributed by atoms with Crippen molar-refractivity contribution >= 4 is 0 Å². The normalized spacial score (nSPS) is 34.5. The van der Waals surface area contributed by atoms with Gasteiger partial charge in [-0.05, 0) is 12.5 Å². The van der Waals surface area contributed by atoms with Crippen LogP contribution in [0.2, 0.25) is 0 Å².